The molecule has 4 N–H and O–H groups in total. The van der Waals surface area contributed by atoms with Crippen molar-refractivity contribution in [3.8, 4) is 17.4 Å². The first kappa shape index (κ1) is 18.0. The second-order valence-electron chi connectivity index (χ2n) is 4.23. The van der Waals surface area contributed by atoms with E-state index >= 15 is 0 Å². The van der Waals surface area contributed by atoms with Crippen LogP contribution in [-0.2, 0) is 6.54 Å². The molecule has 0 saturated carbocycles. The van der Waals surface area contributed by atoms with Crippen LogP contribution in [0.4, 0.5) is 0 Å². The Hall–Kier alpha value is -2.03. The molecule has 0 radical (unpaired) electrons. The van der Waals surface area contributed by atoms with Gasteiger partial charge in [-0.2, -0.15) is 0 Å². The molecule has 1 aromatic carbocycles. The summed E-state index contributed by atoms with van der Waals surface area (Å²) >= 11 is 0. The normalized spacial score (nSPS) is 9.50. The summed E-state index contributed by atoms with van der Waals surface area (Å²) in [5, 5.41) is 0. The van der Waals surface area contributed by atoms with Gasteiger partial charge < -0.3 is 20.9 Å². The number of nitrogens with zero attached hydrogens (tertiary/aromatic N) is 2. The fourth-order valence-electron chi connectivity index (χ4n) is 1.67. The molecule has 0 aliphatic rings. The lowest BCUT2D eigenvalue weighted by atomic mass is 10.3. The van der Waals surface area contributed by atoms with Gasteiger partial charge in [-0.25, -0.2) is 9.98 Å². The third-order valence-corrected chi connectivity index (χ3v) is 2.61. The van der Waals surface area contributed by atoms with Crippen LogP contribution in [0.2, 0.25) is 0 Å². The van der Waals surface area contributed by atoms with E-state index in [-0.39, 0.29) is 29.9 Å². The highest BCUT2D eigenvalue weighted by molar-refractivity contribution is 14.0. The lowest BCUT2D eigenvalue weighted by molar-refractivity contribution is 0.319. The van der Waals surface area contributed by atoms with Crippen molar-refractivity contribution in [3.63, 3.8) is 0 Å². The molecule has 0 spiro atoms. The number of guanidine groups is 1. The Balaban J connectivity index is 0.00000242. The molecule has 22 heavy (non-hydrogen) atoms. The van der Waals surface area contributed by atoms with Gasteiger partial charge in [0, 0.05) is 12.3 Å². The standard InChI is InChI=1S/C15H18N4O2.HI/c1-2-20-12-5-3-4-6-13(12)21-14-8-7-11(9-18-14)10-19-15(16)17;/h3-9H,2,10H2,1H3,(H4,16,17,19);1H. The van der Waals surface area contributed by atoms with E-state index < -0.39 is 0 Å². The highest BCUT2D eigenvalue weighted by atomic mass is 127. The van der Waals surface area contributed by atoms with Crippen molar-refractivity contribution in [2.24, 2.45) is 16.5 Å². The van der Waals surface area contributed by atoms with Gasteiger partial charge in [0.25, 0.3) is 0 Å². The van der Waals surface area contributed by atoms with Gasteiger partial charge >= 0.3 is 0 Å². The topological polar surface area (TPSA) is 95.8 Å². The number of pyridine rings is 1. The zero-order chi connectivity index (χ0) is 15.1. The summed E-state index contributed by atoms with van der Waals surface area (Å²) in [4.78, 5) is 8.14. The monoisotopic (exact) mass is 414 g/mol. The first-order chi connectivity index (χ1) is 10.2. The van der Waals surface area contributed by atoms with E-state index in [1.54, 1.807) is 12.3 Å². The van der Waals surface area contributed by atoms with Crippen molar-refractivity contribution < 1.29 is 9.47 Å². The van der Waals surface area contributed by atoms with Gasteiger partial charge in [0.2, 0.25) is 5.88 Å². The summed E-state index contributed by atoms with van der Waals surface area (Å²) in [7, 11) is 0. The van der Waals surface area contributed by atoms with Gasteiger partial charge in [0.1, 0.15) is 0 Å². The van der Waals surface area contributed by atoms with Crippen molar-refractivity contribution in [3.05, 3.63) is 48.2 Å². The largest absolute Gasteiger partial charge is 0.490 e. The Bertz CT molecular complexity index is 613. The number of benzene rings is 1. The molecule has 0 aliphatic carbocycles. The second kappa shape index (κ2) is 9.08. The molecule has 0 aliphatic heterocycles. The van der Waals surface area contributed by atoms with Crippen LogP contribution in [0.5, 0.6) is 17.4 Å². The molecule has 0 amide bonds. The minimum atomic E-state index is 0. The molecule has 0 saturated heterocycles. The van der Waals surface area contributed by atoms with Crippen LogP contribution in [0.3, 0.4) is 0 Å². The summed E-state index contributed by atoms with van der Waals surface area (Å²) < 4.78 is 11.2. The minimum Gasteiger partial charge on any atom is -0.490 e. The van der Waals surface area contributed by atoms with Crippen LogP contribution in [0.25, 0.3) is 0 Å². The maximum atomic E-state index is 5.72. The average molecular weight is 414 g/mol. The van der Waals surface area contributed by atoms with Gasteiger partial charge in [-0.1, -0.05) is 18.2 Å². The lowest BCUT2D eigenvalue weighted by Gasteiger charge is -2.10. The molecule has 118 valence electrons. The Morgan fingerprint density at radius 3 is 2.45 bits per heavy atom. The highest BCUT2D eigenvalue weighted by Crippen LogP contribution is 2.30. The highest BCUT2D eigenvalue weighted by Gasteiger charge is 2.05. The summed E-state index contributed by atoms with van der Waals surface area (Å²) in [6.45, 7) is 2.89. The van der Waals surface area contributed by atoms with E-state index in [0.29, 0.717) is 30.5 Å². The van der Waals surface area contributed by atoms with Crippen LogP contribution in [0.1, 0.15) is 12.5 Å². The third-order valence-electron chi connectivity index (χ3n) is 2.61. The number of hydrogen-bond donors (Lipinski definition) is 2. The first-order valence-corrected chi connectivity index (χ1v) is 6.59. The Morgan fingerprint density at radius 1 is 1.14 bits per heavy atom. The Morgan fingerprint density at radius 2 is 1.86 bits per heavy atom. The van der Waals surface area contributed by atoms with Gasteiger partial charge in [-0.3, -0.25) is 0 Å². The predicted molar refractivity (Wildman–Crippen MR) is 96.9 cm³/mol. The third kappa shape index (κ3) is 5.40. The summed E-state index contributed by atoms with van der Waals surface area (Å²) in [5.41, 5.74) is 11.5. The van der Waals surface area contributed by atoms with Gasteiger partial charge in [0.05, 0.1) is 13.2 Å². The molecule has 0 atom stereocenters. The quantitative estimate of drug-likeness (QED) is 0.431. The Labute approximate surface area is 146 Å². The van der Waals surface area contributed by atoms with E-state index in [2.05, 4.69) is 9.98 Å². The summed E-state index contributed by atoms with van der Waals surface area (Å²) in [5.74, 6) is 1.85. The van der Waals surface area contributed by atoms with Crippen LogP contribution in [0.15, 0.2) is 47.6 Å². The minimum absolute atomic E-state index is 0. The number of nitrogens with two attached hydrogens (primary N) is 2. The van der Waals surface area contributed by atoms with Crippen LogP contribution < -0.4 is 20.9 Å². The summed E-state index contributed by atoms with van der Waals surface area (Å²) in [6.07, 6.45) is 1.67. The fraction of sp³-hybridized carbons (Fsp3) is 0.200. The Kier molecular flexibility index (Phi) is 7.44. The number of ether oxygens (including phenoxy) is 2. The number of hydrogen-bond acceptors (Lipinski definition) is 4. The average Bonchev–Trinajstić information content (AvgIpc) is 2.49. The van der Waals surface area contributed by atoms with E-state index in [0.717, 1.165) is 5.56 Å². The first-order valence-electron chi connectivity index (χ1n) is 6.59. The lowest BCUT2D eigenvalue weighted by Crippen LogP contribution is -2.22. The number of para-hydroxylation sites is 2. The van der Waals surface area contributed by atoms with E-state index in [4.69, 9.17) is 20.9 Å². The maximum absolute atomic E-state index is 5.72. The van der Waals surface area contributed by atoms with Crippen molar-refractivity contribution in [2.75, 3.05) is 6.61 Å². The molecular formula is C15H19IN4O2. The zero-order valence-electron chi connectivity index (χ0n) is 12.2. The number of aliphatic imine (C=N–C) groups is 1. The smallest absolute Gasteiger partial charge is 0.219 e. The summed E-state index contributed by atoms with van der Waals surface area (Å²) in [6, 6.07) is 11.1. The maximum Gasteiger partial charge on any atom is 0.219 e. The van der Waals surface area contributed by atoms with Crippen LogP contribution in [-0.4, -0.2) is 17.6 Å². The van der Waals surface area contributed by atoms with Crippen molar-refractivity contribution in [2.45, 2.75) is 13.5 Å². The fourth-order valence-corrected chi connectivity index (χ4v) is 1.67. The molecule has 6 nitrogen and oxygen atoms in total. The van der Waals surface area contributed by atoms with Crippen molar-refractivity contribution in [1.29, 1.82) is 0 Å². The molecule has 1 aromatic heterocycles. The van der Waals surface area contributed by atoms with Gasteiger partial charge in [-0.05, 0) is 24.6 Å². The SMILES string of the molecule is CCOc1ccccc1Oc1ccc(CN=C(N)N)cn1.I. The molecule has 2 rings (SSSR count). The molecular weight excluding hydrogens is 395 g/mol. The van der Waals surface area contributed by atoms with Gasteiger partial charge in [-0.15, -0.1) is 24.0 Å². The molecule has 7 heteroatoms. The van der Waals surface area contributed by atoms with Crippen LogP contribution >= 0.6 is 24.0 Å². The number of aromatic nitrogens is 1. The van der Waals surface area contributed by atoms with Crippen molar-refractivity contribution in [1.82, 2.24) is 4.98 Å². The predicted octanol–water partition coefficient (Wildman–Crippen LogP) is 2.66. The number of rotatable bonds is 6. The molecule has 0 bridgehead atoms. The zero-order valence-corrected chi connectivity index (χ0v) is 14.6. The van der Waals surface area contributed by atoms with Crippen molar-refractivity contribution >= 4 is 29.9 Å². The molecule has 2 aromatic rings. The van der Waals surface area contributed by atoms with E-state index in [1.165, 1.54) is 0 Å². The van der Waals surface area contributed by atoms with Crippen LogP contribution in [0, 0.1) is 0 Å². The van der Waals surface area contributed by atoms with E-state index in [9.17, 15) is 0 Å². The molecule has 1 heterocycles. The van der Waals surface area contributed by atoms with Gasteiger partial charge in [0.15, 0.2) is 17.5 Å². The molecule has 0 unspecified atom stereocenters. The molecule has 0 fully saturated rings. The van der Waals surface area contributed by atoms with E-state index in [1.807, 2.05) is 37.3 Å². The number of halogens is 1. The second-order valence-corrected chi connectivity index (χ2v) is 4.23.